The Morgan fingerprint density at radius 2 is 1.55 bits per heavy atom. The van der Waals surface area contributed by atoms with Gasteiger partial charge in [-0.2, -0.15) is 4.31 Å². The maximum atomic E-state index is 13.3. The molecule has 2 aromatic rings. The number of benzene rings is 2. The molecule has 10 heteroatoms. The number of sulfone groups is 1. The third-order valence-electron chi connectivity index (χ3n) is 6.24. The second kappa shape index (κ2) is 9.92. The summed E-state index contributed by atoms with van der Waals surface area (Å²) in [7, 11) is -6.68. The van der Waals surface area contributed by atoms with Crippen molar-refractivity contribution in [2.24, 2.45) is 0 Å². The van der Waals surface area contributed by atoms with E-state index in [0.29, 0.717) is 39.1 Å². The van der Waals surface area contributed by atoms with Crippen LogP contribution >= 0.6 is 0 Å². The van der Waals surface area contributed by atoms with Crippen molar-refractivity contribution in [3.8, 4) is 0 Å². The predicted molar refractivity (Wildman–Crippen MR) is 126 cm³/mol. The molecule has 0 aromatic heterocycles. The van der Waals surface area contributed by atoms with Gasteiger partial charge in [0.25, 0.3) is 0 Å². The van der Waals surface area contributed by atoms with E-state index in [4.69, 9.17) is 0 Å². The number of amides is 1. The Morgan fingerprint density at radius 3 is 2.12 bits per heavy atom. The molecule has 0 radical (unpaired) electrons. The highest BCUT2D eigenvalue weighted by Crippen LogP contribution is 2.22. The number of hydrogen-bond acceptors (Lipinski definition) is 6. The average Bonchev–Trinajstić information content (AvgIpc) is 3.18. The molecule has 0 unspecified atom stereocenters. The topological polar surface area (TPSA) is 95.1 Å². The number of hydrogen-bond donors (Lipinski definition) is 0. The Kier molecular flexibility index (Phi) is 7.18. The zero-order valence-electron chi connectivity index (χ0n) is 18.4. The minimum Gasteiger partial charge on any atom is -0.333 e. The monoisotopic (exact) mass is 491 g/mol. The molecule has 1 atom stereocenters. The van der Waals surface area contributed by atoms with Crippen molar-refractivity contribution in [1.29, 1.82) is 0 Å². The fourth-order valence-electron chi connectivity index (χ4n) is 4.37. The highest BCUT2D eigenvalue weighted by atomic mass is 32.2. The minimum atomic E-state index is -3.55. The predicted octanol–water partition coefficient (Wildman–Crippen LogP) is 1.21. The van der Waals surface area contributed by atoms with Crippen LogP contribution in [0.1, 0.15) is 12.0 Å². The second-order valence-electron chi connectivity index (χ2n) is 8.56. The molecule has 0 bridgehead atoms. The Hall–Kier alpha value is -2.27. The average molecular weight is 492 g/mol. The van der Waals surface area contributed by atoms with Crippen molar-refractivity contribution in [3.05, 3.63) is 66.2 Å². The van der Waals surface area contributed by atoms with E-state index in [1.54, 1.807) is 35.2 Å². The maximum absolute atomic E-state index is 13.3. The van der Waals surface area contributed by atoms with E-state index in [2.05, 4.69) is 0 Å². The van der Waals surface area contributed by atoms with Crippen molar-refractivity contribution in [2.75, 3.05) is 44.2 Å². The molecule has 4 rings (SSSR count). The van der Waals surface area contributed by atoms with E-state index in [1.807, 2.05) is 35.2 Å². The van der Waals surface area contributed by atoms with Crippen molar-refractivity contribution in [2.45, 2.75) is 23.9 Å². The lowest BCUT2D eigenvalue weighted by Gasteiger charge is -2.36. The van der Waals surface area contributed by atoms with Gasteiger partial charge in [-0.3, -0.25) is 9.69 Å². The SMILES string of the molecule is O=C(CN1CCN(S(=O)(=O)c2ccccc2)CC1)N(Cc1ccccc1)[C@H]1CCS(=O)(=O)C1. The van der Waals surface area contributed by atoms with Crippen LogP contribution in [0.2, 0.25) is 0 Å². The van der Waals surface area contributed by atoms with Gasteiger partial charge in [-0.05, 0) is 24.1 Å². The number of carbonyl (C=O) groups excluding carboxylic acids is 1. The third-order valence-corrected chi connectivity index (χ3v) is 9.90. The fraction of sp³-hybridized carbons (Fsp3) is 0.435. The Morgan fingerprint density at radius 1 is 0.939 bits per heavy atom. The Bertz CT molecular complexity index is 1160. The van der Waals surface area contributed by atoms with Gasteiger partial charge in [0, 0.05) is 38.8 Å². The van der Waals surface area contributed by atoms with Gasteiger partial charge in [-0.25, -0.2) is 16.8 Å². The van der Waals surface area contributed by atoms with Crippen LogP contribution in [0, 0.1) is 0 Å². The van der Waals surface area contributed by atoms with Crippen LogP contribution in [0.5, 0.6) is 0 Å². The molecule has 8 nitrogen and oxygen atoms in total. The normalized spacial score (nSPS) is 21.6. The lowest BCUT2D eigenvalue weighted by Crippen LogP contribution is -2.52. The summed E-state index contributed by atoms with van der Waals surface area (Å²) < 4.78 is 51.2. The fourth-order valence-corrected chi connectivity index (χ4v) is 7.55. The van der Waals surface area contributed by atoms with Crippen LogP contribution < -0.4 is 0 Å². The summed E-state index contributed by atoms with van der Waals surface area (Å²) in [6.07, 6.45) is 0.448. The van der Waals surface area contributed by atoms with E-state index in [-0.39, 0.29) is 34.9 Å². The van der Waals surface area contributed by atoms with Crippen LogP contribution in [0.3, 0.4) is 0 Å². The third kappa shape index (κ3) is 5.81. The number of carbonyl (C=O) groups is 1. The van der Waals surface area contributed by atoms with Crippen LogP contribution in [-0.4, -0.2) is 87.1 Å². The largest absolute Gasteiger partial charge is 0.333 e. The number of sulfonamides is 1. The van der Waals surface area contributed by atoms with Gasteiger partial charge < -0.3 is 4.90 Å². The lowest BCUT2D eigenvalue weighted by molar-refractivity contribution is -0.135. The zero-order chi connectivity index (χ0) is 23.5. The Labute approximate surface area is 195 Å². The van der Waals surface area contributed by atoms with Gasteiger partial charge in [0.15, 0.2) is 9.84 Å². The molecule has 2 aliphatic rings. The molecule has 1 amide bonds. The summed E-state index contributed by atoms with van der Waals surface area (Å²) >= 11 is 0. The summed E-state index contributed by atoms with van der Waals surface area (Å²) in [6, 6.07) is 17.6. The maximum Gasteiger partial charge on any atom is 0.243 e. The van der Waals surface area contributed by atoms with E-state index >= 15 is 0 Å². The molecular formula is C23H29N3O5S2. The molecule has 2 fully saturated rings. The first kappa shape index (κ1) is 23.9. The molecule has 33 heavy (non-hydrogen) atoms. The van der Waals surface area contributed by atoms with Crippen LogP contribution in [0.15, 0.2) is 65.6 Å². The highest BCUT2D eigenvalue weighted by molar-refractivity contribution is 7.91. The molecule has 2 heterocycles. The minimum absolute atomic E-state index is 0.00529. The summed E-state index contributed by atoms with van der Waals surface area (Å²) in [6.45, 7) is 2.01. The van der Waals surface area contributed by atoms with Crippen LogP contribution in [0.4, 0.5) is 0 Å². The van der Waals surface area contributed by atoms with E-state index in [9.17, 15) is 21.6 Å². The van der Waals surface area contributed by atoms with E-state index < -0.39 is 19.9 Å². The summed E-state index contributed by atoms with van der Waals surface area (Å²) in [5.74, 6) is -0.0266. The van der Waals surface area contributed by atoms with Gasteiger partial charge in [0.1, 0.15) is 0 Å². The molecule has 178 valence electrons. The van der Waals surface area contributed by atoms with Gasteiger partial charge in [0.05, 0.1) is 22.9 Å². The van der Waals surface area contributed by atoms with E-state index in [0.717, 1.165) is 5.56 Å². The van der Waals surface area contributed by atoms with Gasteiger partial charge in [-0.1, -0.05) is 48.5 Å². The molecule has 2 aliphatic heterocycles. The molecule has 0 N–H and O–H groups in total. The standard InChI is InChI=1S/C23H29N3O5S2/c27-23(26(17-20-7-3-1-4-8-20)21-11-16-32(28,29)19-21)18-24-12-14-25(15-13-24)33(30,31)22-9-5-2-6-10-22/h1-10,21H,11-19H2/t21-/m0/s1. The molecule has 2 aromatic carbocycles. The quantitative estimate of drug-likeness (QED) is 0.578. The van der Waals surface area contributed by atoms with Gasteiger partial charge in [0.2, 0.25) is 15.9 Å². The Balaban J connectivity index is 1.40. The van der Waals surface area contributed by atoms with Crippen molar-refractivity contribution in [3.63, 3.8) is 0 Å². The first-order chi connectivity index (χ1) is 15.7. The van der Waals surface area contributed by atoms with E-state index in [1.165, 1.54) is 4.31 Å². The van der Waals surface area contributed by atoms with Crippen molar-refractivity contribution < 1.29 is 21.6 Å². The lowest BCUT2D eigenvalue weighted by atomic mass is 10.1. The first-order valence-corrected chi connectivity index (χ1v) is 14.3. The highest BCUT2D eigenvalue weighted by Gasteiger charge is 2.36. The molecular weight excluding hydrogens is 462 g/mol. The summed E-state index contributed by atoms with van der Waals surface area (Å²) in [5, 5.41) is 0. The van der Waals surface area contributed by atoms with Crippen LogP contribution in [0.25, 0.3) is 0 Å². The first-order valence-electron chi connectivity index (χ1n) is 11.1. The van der Waals surface area contributed by atoms with Gasteiger partial charge >= 0.3 is 0 Å². The van der Waals surface area contributed by atoms with Crippen molar-refractivity contribution in [1.82, 2.24) is 14.1 Å². The number of piperazine rings is 1. The molecule has 2 saturated heterocycles. The summed E-state index contributed by atoms with van der Waals surface area (Å²) in [4.78, 5) is 17.2. The molecule has 0 aliphatic carbocycles. The number of rotatable bonds is 7. The smallest absolute Gasteiger partial charge is 0.243 e. The summed E-state index contributed by atoms with van der Waals surface area (Å²) in [5.41, 5.74) is 0.953. The van der Waals surface area contributed by atoms with Gasteiger partial charge in [-0.15, -0.1) is 0 Å². The van der Waals surface area contributed by atoms with Crippen molar-refractivity contribution >= 4 is 25.8 Å². The van der Waals surface area contributed by atoms with Crippen LogP contribution in [-0.2, 0) is 31.2 Å². The molecule has 0 saturated carbocycles. The second-order valence-corrected chi connectivity index (χ2v) is 12.7. The zero-order valence-corrected chi connectivity index (χ0v) is 20.0. The molecule has 0 spiro atoms. The number of nitrogens with zero attached hydrogens (tertiary/aromatic N) is 3.